The van der Waals surface area contributed by atoms with E-state index in [4.69, 9.17) is 5.14 Å². The molecule has 0 saturated heterocycles. The summed E-state index contributed by atoms with van der Waals surface area (Å²) in [5, 5.41) is 15.6. The number of aromatic nitrogens is 3. The van der Waals surface area contributed by atoms with Crippen LogP contribution in [-0.2, 0) is 21.4 Å². The lowest BCUT2D eigenvalue weighted by molar-refractivity contribution is -0.120. The minimum atomic E-state index is -3.71. The number of nitrogens with one attached hydrogen (secondary N) is 1. The molecule has 3 N–H and O–H groups in total. The second kappa shape index (κ2) is 6.02. The number of amides is 1. The summed E-state index contributed by atoms with van der Waals surface area (Å²) in [4.78, 5) is 11.2. The Morgan fingerprint density at radius 2 is 2.00 bits per heavy atom. The summed E-state index contributed by atoms with van der Waals surface area (Å²) in [6, 6.07) is 5.93. The highest BCUT2D eigenvalue weighted by molar-refractivity contribution is 7.89. The van der Waals surface area contributed by atoms with Gasteiger partial charge in [-0.05, 0) is 24.3 Å². The maximum atomic E-state index is 11.2. The standard InChI is InChI=1S/C12H15N5O3S/c1-2-12(18)14-7-9-8-17(16-15-9)10-3-5-11(6-4-10)21(13,19)20/h3-6,8H,2,7H2,1H3,(H,14,18)(H2,13,19,20). The number of primary sulfonamides is 1. The normalized spacial score (nSPS) is 11.3. The molecule has 0 aliphatic heterocycles. The highest BCUT2D eigenvalue weighted by Crippen LogP contribution is 2.12. The number of hydrogen-bond acceptors (Lipinski definition) is 5. The lowest BCUT2D eigenvalue weighted by atomic mass is 10.3. The van der Waals surface area contributed by atoms with Crippen LogP contribution in [0.25, 0.3) is 5.69 Å². The minimum Gasteiger partial charge on any atom is -0.350 e. The van der Waals surface area contributed by atoms with Crippen LogP contribution < -0.4 is 10.5 Å². The Hall–Kier alpha value is -2.26. The van der Waals surface area contributed by atoms with Crippen LogP contribution in [0.2, 0.25) is 0 Å². The molecule has 0 bridgehead atoms. The van der Waals surface area contributed by atoms with Crippen molar-refractivity contribution in [2.45, 2.75) is 24.8 Å². The molecule has 9 heteroatoms. The summed E-state index contributed by atoms with van der Waals surface area (Å²) in [6.45, 7) is 2.06. The van der Waals surface area contributed by atoms with E-state index in [0.29, 0.717) is 24.3 Å². The molecule has 8 nitrogen and oxygen atoms in total. The van der Waals surface area contributed by atoms with Crippen molar-refractivity contribution in [3.05, 3.63) is 36.2 Å². The van der Waals surface area contributed by atoms with Crippen LogP contribution >= 0.6 is 0 Å². The van der Waals surface area contributed by atoms with Crippen LogP contribution in [0.4, 0.5) is 0 Å². The van der Waals surface area contributed by atoms with Gasteiger partial charge in [-0.1, -0.05) is 12.1 Å². The first-order valence-electron chi connectivity index (χ1n) is 6.21. The fourth-order valence-electron chi connectivity index (χ4n) is 1.61. The molecule has 1 heterocycles. The monoisotopic (exact) mass is 309 g/mol. The van der Waals surface area contributed by atoms with Crippen molar-refractivity contribution < 1.29 is 13.2 Å². The molecule has 0 spiro atoms. The van der Waals surface area contributed by atoms with Gasteiger partial charge < -0.3 is 5.32 Å². The zero-order valence-corrected chi connectivity index (χ0v) is 12.2. The zero-order chi connectivity index (χ0) is 15.5. The Balaban J connectivity index is 2.12. The van der Waals surface area contributed by atoms with Crippen molar-refractivity contribution in [3.8, 4) is 5.69 Å². The van der Waals surface area contributed by atoms with Gasteiger partial charge in [-0.15, -0.1) is 5.10 Å². The summed E-state index contributed by atoms with van der Waals surface area (Å²) in [6.07, 6.45) is 2.06. The van der Waals surface area contributed by atoms with E-state index in [1.807, 2.05) is 0 Å². The molecule has 1 aromatic carbocycles. The molecule has 1 amide bonds. The Labute approximate surface area is 122 Å². The van der Waals surface area contributed by atoms with Gasteiger partial charge in [0.05, 0.1) is 23.3 Å². The molecule has 1 aromatic heterocycles. The minimum absolute atomic E-state index is 0.0294. The number of carbonyl (C=O) groups is 1. The van der Waals surface area contributed by atoms with Gasteiger partial charge in [-0.2, -0.15) is 0 Å². The summed E-state index contributed by atoms with van der Waals surface area (Å²) >= 11 is 0. The summed E-state index contributed by atoms with van der Waals surface area (Å²) in [5.74, 6) is -0.0675. The molecule has 2 rings (SSSR count). The average molecular weight is 309 g/mol. The average Bonchev–Trinajstić information content (AvgIpc) is 2.93. The predicted molar refractivity (Wildman–Crippen MR) is 74.9 cm³/mol. The van der Waals surface area contributed by atoms with Crippen molar-refractivity contribution in [2.24, 2.45) is 5.14 Å². The van der Waals surface area contributed by atoms with Gasteiger partial charge in [0, 0.05) is 6.42 Å². The van der Waals surface area contributed by atoms with Gasteiger partial charge in [-0.25, -0.2) is 18.2 Å². The maximum Gasteiger partial charge on any atom is 0.238 e. The zero-order valence-electron chi connectivity index (χ0n) is 11.4. The Morgan fingerprint density at radius 3 is 2.57 bits per heavy atom. The van der Waals surface area contributed by atoms with E-state index in [-0.39, 0.29) is 10.8 Å². The third kappa shape index (κ3) is 3.86. The molecule has 21 heavy (non-hydrogen) atoms. The Morgan fingerprint density at radius 1 is 1.33 bits per heavy atom. The lowest BCUT2D eigenvalue weighted by Crippen LogP contribution is -2.21. The molecule has 0 aliphatic carbocycles. The van der Waals surface area contributed by atoms with E-state index in [1.54, 1.807) is 25.3 Å². The predicted octanol–water partition coefficient (Wildman–Crippen LogP) is -0.0591. The third-order valence-electron chi connectivity index (χ3n) is 2.76. The second-order valence-corrected chi connectivity index (χ2v) is 5.89. The fourth-order valence-corrected chi connectivity index (χ4v) is 2.12. The molecular weight excluding hydrogens is 294 g/mol. The lowest BCUT2D eigenvalue weighted by Gasteiger charge is -2.02. The highest BCUT2D eigenvalue weighted by Gasteiger charge is 2.08. The number of benzene rings is 1. The van der Waals surface area contributed by atoms with E-state index in [2.05, 4.69) is 15.6 Å². The summed E-state index contributed by atoms with van der Waals surface area (Å²) in [5.41, 5.74) is 1.25. The largest absolute Gasteiger partial charge is 0.350 e. The maximum absolute atomic E-state index is 11.2. The molecule has 0 unspecified atom stereocenters. The first kappa shape index (κ1) is 15.1. The van der Waals surface area contributed by atoms with Crippen LogP contribution in [0.3, 0.4) is 0 Å². The van der Waals surface area contributed by atoms with Gasteiger partial charge in [0.2, 0.25) is 15.9 Å². The number of carbonyl (C=O) groups excluding carboxylic acids is 1. The molecule has 0 radical (unpaired) electrons. The fraction of sp³-hybridized carbons (Fsp3) is 0.250. The number of nitrogens with zero attached hydrogens (tertiary/aromatic N) is 3. The van der Waals surface area contributed by atoms with Gasteiger partial charge in [-0.3, -0.25) is 4.79 Å². The van der Waals surface area contributed by atoms with Crippen LogP contribution in [-0.4, -0.2) is 29.3 Å². The SMILES string of the molecule is CCC(=O)NCc1cn(-c2ccc(S(N)(=O)=O)cc2)nn1. The van der Waals surface area contributed by atoms with Gasteiger partial charge in [0.1, 0.15) is 5.69 Å². The van der Waals surface area contributed by atoms with Crippen LogP contribution in [0.1, 0.15) is 19.0 Å². The van der Waals surface area contributed by atoms with Crippen LogP contribution in [0.5, 0.6) is 0 Å². The topological polar surface area (TPSA) is 120 Å². The Bertz CT molecular complexity index is 737. The quantitative estimate of drug-likeness (QED) is 0.801. The van der Waals surface area contributed by atoms with Gasteiger partial charge in [0.15, 0.2) is 0 Å². The third-order valence-corrected chi connectivity index (χ3v) is 3.69. The van der Waals surface area contributed by atoms with Crippen LogP contribution in [0, 0.1) is 0 Å². The second-order valence-electron chi connectivity index (χ2n) is 4.32. The van der Waals surface area contributed by atoms with Crippen molar-refractivity contribution in [3.63, 3.8) is 0 Å². The molecule has 112 valence electrons. The number of sulfonamides is 1. The number of nitrogens with two attached hydrogens (primary N) is 1. The number of rotatable bonds is 5. The van der Waals surface area contributed by atoms with Gasteiger partial charge in [0.25, 0.3) is 0 Å². The molecular formula is C12H15N5O3S. The molecule has 0 atom stereocenters. The molecule has 0 saturated carbocycles. The van der Waals surface area contributed by atoms with E-state index in [0.717, 1.165) is 0 Å². The van der Waals surface area contributed by atoms with Crippen molar-refractivity contribution in [1.82, 2.24) is 20.3 Å². The van der Waals surface area contributed by atoms with Crippen LogP contribution in [0.15, 0.2) is 35.4 Å². The first-order chi connectivity index (χ1) is 9.90. The van der Waals surface area contributed by atoms with E-state index < -0.39 is 10.0 Å². The van der Waals surface area contributed by atoms with Crippen molar-refractivity contribution in [1.29, 1.82) is 0 Å². The smallest absolute Gasteiger partial charge is 0.238 e. The van der Waals surface area contributed by atoms with Crippen molar-refractivity contribution >= 4 is 15.9 Å². The van der Waals surface area contributed by atoms with Crippen molar-refractivity contribution in [2.75, 3.05) is 0 Å². The van der Waals surface area contributed by atoms with E-state index in [9.17, 15) is 13.2 Å². The van der Waals surface area contributed by atoms with Gasteiger partial charge >= 0.3 is 0 Å². The van der Waals surface area contributed by atoms with E-state index in [1.165, 1.54) is 16.8 Å². The molecule has 2 aromatic rings. The molecule has 0 fully saturated rings. The summed E-state index contributed by atoms with van der Waals surface area (Å²) < 4.78 is 23.8. The molecule has 0 aliphatic rings. The first-order valence-corrected chi connectivity index (χ1v) is 7.76. The Kier molecular flexibility index (Phi) is 4.34. The van der Waals surface area contributed by atoms with E-state index >= 15 is 0 Å². The number of hydrogen-bond donors (Lipinski definition) is 2. The summed E-state index contributed by atoms with van der Waals surface area (Å²) in [7, 11) is -3.71. The highest BCUT2D eigenvalue weighted by atomic mass is 32.2.